The maximum atomic E-state index is 12.3. The average molecular weight is 412 g/mol. The van der Waals surface area contributed by atoms with Crippen molar-refractivity contribution in [3.05, 3.63) is 64.1 Å². The summed E-state index contributed by atoms with van der Waals surface area (Å²) >= 11 is 1.05. The van der Waals surface area contributed by atoms with Gasteiger partial charge in [0.15, 0.2) is 11.8 Å². The molecular weight excluding hydrogens is 396 g/mol. The van der Waals surface area contributed by atoms with Crippen LogP contribution < -0.4 is 10.1 Å². The number of hydrogen-bond acceptors (Lipinski definition) is 6. The van der Waals surface area contributed by atoms with Crippen LogP contribution in [0.2, 0.25) is 0 Å². The molecule has 148 valence electrons. The van der Waals surface area contributed by atoms with E-state index in [1.54, 1.807) is 42.5 Å². The van der Waals surface area contributed by atoms with Crippen LogP contribution in [-0.4, -0.2) is 39.8 Å². The largest absolute Gasteiger partial charge is 0.481 e. The number of rotatable bonds is 6. The molecule has 0 bridgehead atoms. The van der Waals surface area contributed by atoms with E-state index in [1.807, 2.05) is 6.92 Å². The second-order valence-corrected chi connectivity index (χ2v) is 7.06. The summed E-state index contributed by atoms with van der Waals surface area (Å²) in [5, 5.41) is 21.0. The predicted molar refractivity (Wildman–Crippen MR) is 109 cm³/mol. The lowest BCUT2D eigenvalue weighted by atomic mass is 10.1. The van der Waals surface area contributed by atoms with E-state index in [-0.39, 0.29) is 16.4 Å². The first kappa shape index (κ1) is 20.2. The second-order valence-electron chi connectivity index (χ2n) is 6.03. The summed E-state index contributed by atoms with van der Waals surface area (Å²) in [5.41, 5.74) is 1.65. The molecule has 1 heterocycles. The van der Waals surface area contributed by atoms with Crippen molar-refractivity contribution in [2.24, 2.45) is 4.99 Å². The summed E-state index contributed by atoms with van der Waals surface area (Å²) in [6, 6.07) is 11.5. The van der Waals surface area contributed by atoms with Gasteiger partial charge in [-0.2, -0.15) is 0 Å². The molecule has 29 heavy (non-hydrogen) atoms. The van der Waals surface area contributed by atoms with Crippen LogP contribution >= 0.6 is 11.8 Å². The van der Waals surface area contributed by atoms with Gasteiger partial charge >= 0.3 is 11.9 Å². The highest BCUT2D eigenvalue weighted by Crippen LogP contribution is 2.31. The maximum absolute atomic E-state index is 12.3. The summed E-state index contributed by atoms with van der Waals surface area (Å²) in [7, 11) is 0. The molecular formula is C20H16N2O6S. The molecule has 2 aromatic rings. The highest BCUT2D eigenvalue weighted by molar-refractivity contribution is 8.18. The highest BCUT2D eigenvalue weighted by atomic mass is 32.2. The molecule has 0 aliphatic carbocycles. The summed E-state index contributed by atoms with van der Waals surface area (Å²) in [5.74, 6) is -2.29. The fraction of sp³-hybridized carbons (Fsp3) is 0.100. The van der Waals surface area contributed by atoms with Crippen molar-refractivity contribution in [3.8, 4) is 5.75 Å². The van der Waals surface area contributed by atoms with Crippen molar-refractivity contribution in [2.75, 3.05) is 6.61 Å². The number of carbonyl (C=O) groups is 3. The number of hydrogen-bond donors (Lipinski definition) is 3. The van der Waals surface area contributed by atoms with Crippen LogP contribution in [0, 0.1) is 6.92 Å². The third-order valence-corrected chi connectivity index (χ3v) is 4.72. The van der Waals surface area contributed by atoms with Crippen molar-refractivity contribution < 1.29 is 29.3 Å². The third-order valence-electron chi connectivity index (χ3n) is 3.81. The van der Waals surface area contributed by atoms with E-state index in [4.69, 9.17) is 9.84 Å². The Hall–Kier alpha value is -3.59. The van der Waals surface area contributed by atoms with Crippen LogP contribution in [0.5, 0.6) is 5.75 Å². The molecule has 9 heteroatoms. The fourth-order valence-corrected chi connectivity index (χ4v) is 3.34. The van der Waals surface area contributed by atoms with E-state index in [1.165, 1.54) is 6.07 Å². The number of nitrogens with zero attached hydrogens (tertiary/aromatic N) is 1. The predicted octanol–water partition coefficient (Wildman–Crippen LogP) is 3.05. The molecule has 0 atom stereocenters. The van der Waals surface area contributed by atoms with Gasteiger partial charge in [0.05, 0.1) is 16.2 Å². The molecule has 3 N–H and O–H groups in total. The highest BCUT2D eigenvalue weighted by Gasteiger charge is 2.25. The second kappa shape index (κ2) is 8.61. The van der Waals surface area contributed by atoms with Crippen molar-refractivity contribution in [2.45, 2.75) is 6.92 Å². The van der Waals surface area contributed by atoms with Crippen molar-refractivity contribution in [1.82, 2.24) is 5.32 Å². The van der Waals surface area contributed by atoms with E-state index in [2.05, 4.69) is 10.3 Å². The number of carboxylic acid groups (broad SMARTS) is 2. The lowest BCUT2D eigenvalue weighted by Crippen LogP contribution is -2.19. The summed E-state index contributed by atoms with van der Waals surface area (Å²) in [6.45, 7) is 1.31. The van der Waals surface area contributed by atoms with Crippen LogP contribution in [0.25, 0.3) is 6.08 Å². The number of thioether (sulfide) groups is 1. The SMILES string of the molecule is Cc1ccc(C(=O)O)c(N=C2NC(=O)/C(=C/c3ccccc3OCC(=O)O)S2)c1. The molecule has 0 aromatic heterocycles. The Morgan fingerprint density at radius 2 is 1.97 bits per heavy atom. The van der Waals surface area contributed by atoms with Gasteiger partial charge in [0.1, 0.15) is 5.75 Å². The topological polar surface area (TPSA) is 125 Å². The zero-order chi connectivity index (χ0) is 21.0. The first-order valence-corrected chi connectivity index (χ1v) is 9.22. The summed E-state index contributed by atoms with van der Waals surface area (Å²) in [4.78, 5) is 39.0. The Morgan fingerprint density at radius 1 is 1.21 bits per heavy atom. The molecule has 0 unspecified atom stereocenters. The van der Waals surface area contributed by atoms with E-state index >= 15 is 0 Å². The molecule has 1 amide bonds. The van der Waals surface area contributed by atoms with Gasteiger partial charge in [0, 0.05) is 5.56 Å². The van der Waals surface area contributed by atoms with Crippen molar-refractivity contribution in [1.29, 1.82) is 0 Å². The monoisotopic (exact) mass is 412 g/mol. The molecule has 3 rings (SSSR count). The van der Waals surface area contributed by atoms with Gasteiger partial charge < -0.3 is 20.3 Å². The van der Waals surface area contributed by atoms with Crippen molar-refractivity contribution in [3.63, 3.8) is 0 Å². The van der Waals surface area contributed by atoms with Gasteiger partial charge in [-0.05, 0) is 48.5 Å². The molecule has 1 aliphatic rings. The van der Waals surface area contributed by atoms with Crippen LogP contribution in [0.4, 0.5) is 5.69 Å². The summed E-state index contributed by atoms with van der Waals surface area (Å²) < 4.78 is 5.24. The normalized spacial score (nSPS) is 16.1. The number of benzene rings is 2. The number of amides is 1. The smallest absolute Gasteiger partial charge is 0.341 e. The van der Waals surface area contributed by atoms with Crippen molar-refractivity contribution >= 4 is 46.5 Å². The molecule has 0 spiro atoms. The maximum Gasteiger partial charge on any atom is 0.341 e. The quantitative estimate of drug-likeness (QED) is 0.623. The molecule has 0 saturated carbocycles. The number of ether oxygens (including phenoxy) is 1. The minimum absolute atomic E-state index is 0.0304. The Bertz CT molecular complexity index is 1060. The first-order chi connectivity index (χ1) is 13.8. The molecule has 2 aromatic carbocycles. The Balaban J connectivity index is 1.88. The fourth-order valence-electron chi connectivity index (χ4n) is 2.52. The van der Waals surface area contributed by atoms with Gasteiger partial charge in [-0.3, -0.25) is 4.79 Å². The minimum Gasteiger partial charge on any atom is -0.481 e. The molecule has 1 saturated heterocycles. The number of aryl methyl sites for hydroxylation is 1. The molecule has 1 aliphatic heterocycles. The number of aromatic carboxylic acids is 1. The van der Waals surface area contributed by atoms with Crippen LogP contribution in [0.1, 0.15) is 21.5 Å². The Labute approximate surface area is 169 Å². The van der Waals surface area contributed by atoms with Gasteiger partial charge in [-0.25, -0.2) is 14.6 Å². The van der Waals surface area contributed by atoms with Gasteiger partial charge in [0.25, 0.3) is 5.91 Å². The number of aliphatic carboxylic acids is 1. The van der Waals surface area contributed by atoms with Gasteiger partial charge in [-0.1, -0.05) is 24.3 Å². The average Bonchev–Trinajstić information content (AvgIpc) is 2.99. The van der Waals surface area contributed by atoms with Crippen LogP contribution in [0.15, 0.2) is 52.4 Å². The molecule has 0 radical (unpaired) electrons. The Kier molecular flexibility index (Phi) is 5.99. The number of carbonyl (C=O) groups excluding carboxylic acids is 1. The zero-order valence-corrected chi connectivity index (χ0v) is 16.0. The minimum atomic E-state index is -1.11. The van der Waals surface area contributed by atoms with Gasteiger partial charge in [-0.15, -0.1) is 0 Å². The van der Waals surface area contributed by atoms with E-state index < -0.39 is 24.5 Å². The number of carboxylic acids is 2. The van der Waals surface area contributed by atoms with E-state index in [0.29, 0.717) is 16.2 Å². The number of nitrogens with one attached hydrogen (secondary N) is 1. The standard InChI is InChI=1S/C20H16N2O6S/c1-11-6-7-13(19(26)27)14(8-11)21-20-22-18(25)16(29-20)9-12-4-2-3-5-15(12)28-10-17(23)24/h2-9H,10H2,1H3,(H,23,24)(H,26,27)(H,21,22,25)/b16-9-. The summed E-state index contributed by atoms with van der Waals surface area (Å²) in [6.07, 6.45) is 1.56. The lowest BCUT2D eigenvalue weighted by molar-refractivity contribution is -0.139. The molecule has 8 nitrogen and oxygen atoms in total. The van der Waals surface area contributed by atoms with Crippen LogP contribution in [-0.2, 0) is 9.59 Å². The number of aliphatic imine (C=N–C) groups is 1. The molecule has 1 fully saturated rings. The first-order valence-electron chi connectivity index (χ1n) is 8.40. The Morgan fingerprint density at radius 3 is 2.69 bits per heavy atom. The number of amidine groups is 1. The number of para-hydroxylation sites is 1. The third kappa shape index (κ3) is 5.02. The van der Waals surface area contributed by atoms with Gasteiger partial charge in [0.2, 0.25) is 0 Å². The van der Waals surface area contributed by atoms with Crippen LogP contribution in [0.3, 0.4) is 0 Å². The van der Waals surface area contributed by atoms with E-state index in [9.17, 15) is 19.5 Å². The lowest BCUT2D eigenvalue weighted by Gasteiger charge is -2.06. The van der Waals surface area contributed by atoms with E-state index in [0.717, 1.165) is 17.3 Å². The zero-order valence-electron chi connectivity index (χ0n) is 15.2.